The molecule has 1 aliphatic carbocycles. The lowest BCUT2D eigenvalue weighted by Gasteiger charge is -2.26. The van der Waals surface area contributed by atoms with Crippen molar-refractivity contribution in [3.05, 3.63) is 0 Å². The van der Waals surface area contributed by atoms with Crippen molar-refractivity contribution in [2.45, 2.75) is 111 Å². The minimum absolute atomic E-state index is 0.111. The Morgan fingerprint density at radius 2 is 1.29 bits per heavy atom. The molecular formula is C24H44O4. The highest BCUT2D eigenvalue weighted by Crippen LogP contribution is 2.31. The molecule has 0 heterocycles. The molecule has 4 nitrogen and oxygen atoms in total. The van der Waals surface area contributed by atoms with Gasteiger partial charge in [-0.1, -0.05) is 78.6 Å². The predicted octanol–water partition coefficient (Wildman–Crippen LogP) is 6.46. The molecule has 0 spiro atoms. The van der Waals surface area contributed by atoms with Gasteiger partial charge in [0.1, 0.15) is 0 Å². The van der Waals surface area contributed by atoms with Gasteiger partial charge in [0.15, 0.2) is 0 Å². The predicted molar refractivity (Wildman–Crippen MR) is 114 cm³/mol. The topological polar surface area (TPSA) is 52.6 Å². The Hall–Kier alpha value is -1.06. The van der Waals surface area contributed by atoms with Crippen molar-refractivity contribution in [1.82, 2.24) is 0 Å². The number of hydrogen-bond acceptors (Lipinski definition) is 4. The fourth-order valence-corrected chi connectivity index (χ4v) is 3.91. The molecular weight excluding hydrogens is 352 g/mol. The van der Waals surface area contributed by atoms with Crippen LogP contribution in [0.15, 0.2) is 0 Å². The molecule has 2 unspecified atom stereocenters. The van der Waals surface area contributed by atoms with E-state index in [0.717, 1.165) is 50.9 Å². The second kappa shape index (κ2) is 15.8. The fourth-order valence-electron chi connectivity index (χ4n) is 3.91. The van der Waals surface area contributed by atoms with Crippen LogP contribution in [0.25, 0.3) is 0 Å². The molecule has 0 aliphatic heterocycles. The van der Waals surface area contributed by atoms with Gasteiger partial charge in [-0.05, 0) is 38.0 Å². The summed E-state index contributed by atoms with van der Waals surface area (Å²) in [4.78, 5) is 24.6. The zero-order valence-corrected chi connectivity index (χ0v) is 18.7. The summed E-state index contributed by atoms with van der Waals surface area (Å²) >= 11 is 0. The maximum absolute atomic E-state index is 12.3. The van der Waals surface area contributed by atoms with Gasteiger partial charge in [-0.25, -0.2) is 0 Å². The first-order valence-corrected chi connectivity index (χ1v) is 11.9. The van der Waals surface area contributed by atoms with Gasteiger partial charge in [0, 0.05) is 0 Å². The summed E-state index contributed by atoms with van der Waals surface area (Å²) < 4.78 is 10.9. The van der Waals surface area contributed by atoms with Crippen LogP contribution in [0.3, 0.4) is 0 Å². The van der Waals surface area contributed by atoms with Crippen LogP contribution in [-0.2, 0) is 19.1 Å². The molecule has 1 saturated carbocycles. The first-order valence-electron chi connectivity index (χ1n) is 11.9. The normalized spacial score (nSPS) is 19.6. The summed E-state index contributed by atoms with van der Waals surface area (Å²) in [6.45, 7) is 7.72. The van der Waals surface area contributed by atoms with Gasteiger partial charge in [0.25, 0.3) is 0 Å². The van der Waals surface area contributed by atoms with Crippen LogP contribution < -0.4 is 0 Å². The first kappa shape index (κ1) is 25.0. The minimum atomic E-state index is -0.129. The van der Waals surface area contributed by atoms with E-state index in [4.69, 9.17) is 9.47 Å². The van der Waals surface area contributed by atoms with Gasteiger partial charge in [-0.3, -0.25) is 9.59 Å². The summed E-state index contributed by atoms with van der Waals surface area (Å²) in [7, 11) is 0. The molecule has 1 rings (SSSR count). The SMILES string of the molecule is CCCCCCCCOC(=O)C1CCCC(C(=O)OCCCCCC(C)C)C1. The summed E-state index contributed by atoms with van der Waals surface area (Å²) in [6, 6.07) is 0. The molecule has 0 aromatic heterocycles. The third kappa shape index (κ3) is 11.7. The Labute approximate surface area is 173 Å². The summed E-state index contributed by atoms with van der Waals surface area (Å²) in [6.07, 6.45) is 14.8. The van der Waals surface area contributed by atoms with Gasteiger partial charge >= 0.3 is 11.9 Å². The molecule has 1 fully saturated rings. The average molecular weight is 397 g/mol. The zero-order valence-electron chi connectivity index (χ0n) is 18.7. The maximum Gasteiger partial charge on any atom is 0.308 e. The highest BCUT2D eigenvalue weighted by molar-refractivity contribution is 5.76. The lowest BCUT2D eigenvalue weighted by molar-refractivity contribution is -0.155. The van der Waals surface area contributed by atoms with Crippen molar-refractivity contribution in [1.29, 1.82) is 0 Å². The molecule has 0 bridgehead atoms. The van der Waals surface area contributed by atoms with Crippen molar-refractivity contribution in [3.63, 3.8) is 0 Å². The average Bonchev–Trinajstić information content (AvgIpc) is 2.69. The van der Waals surface area contributed by atoms with Crippen LogP contribution in [0, 0.1) is 17.8 Å². The van der Waals surface area contributed by atoms with Crippen molar-refractivity contribution >= 4 is 11.9 Å². The van der Waals surface area contributed by atoms with Crippen LogP contribution in [0.4, 0.5) is 0 Å². The van der Waals surface area contributed by atoms with Crippen LogP contribution in [-0.4, -0.2) is 25.2 Å². The second-order valence-corrected chi connectivity index (χ2v) is 8.91. The van der Waals surface area contributed by atoms with E-state index in [2.05, 4.69) is 20.8 Å². The van der Waals surface area contributed by atoms with Gasteiger partial charge in [-0.2, -0.15) is 0 Å². The number of ether oxygens (including phenoxy) is 2. The third-order valence-electron chi connectivity index (χ3n) is 5.75. The number of esters is 2. The maximum atomic E-state index is 12.3. The standard InChI is InChI=1S/C24H44O4/c1-4-5-6-7-8-11-17-27-23(25)21-15-13-16-22(19-21)24(26)28-18-12-9-10-14-20(2)3/h20-22H,4-19H2,1-3H3. The van der Waals surface area contributed by atoms with Gasteiger partial charge in [-0.15, -0.1) is 0 Å². The lowest BCUT2D eigenvalue weighted by atomic mass is 9.81. The van der Waals surface area contributed by atoms with Gasteiger partial charge in [0.05, 0.1) is 25.0 Å². The van der Waals surface area contributed by atoms with E-state index in [9.17, 15) is 9.59 Å². The Morgan fingerprint density at radius 3 is 1.82 bits per heavy atom. The van der Waals surface area contributed by atoms with Crippen LogP contribution in [0.1, 0.15) is 111 Å². The third-order valence-corrected chi connectivity index (χ3v) is 5.75. The second-order valence-electron chi connectivity index (χ2n) is 8.91. The van der Waals surface area contributed by atoms with Crippen molar-refractivity contribution in [2.75, 3.05) is 13.2 Å². The minimum Gasteiger partial charge on any atom is -0.465 e. The van der Waals surface area contributed by atoms with Crippen LogP contribution in [0.2, 0.25) is 0 Å². The zero-order chi connectivity index (χ0) is 20.6. The summed E-state index contributed by atoms with van der Waals surface area (Å²) in [5, 5.41) is 0. The van der Waals surface area contributed by atoms with Crippen molar-refractivity contribution in [3.8, 4) is 0 Å². The van der Waals surface area contributed by atoms with Crippen molar-refractivity contribution in [2.24, 2.45) is 17.8 Å². The molecule has 0 aromatic rings. The van der Waals surface area contributed by atoms with Crippen molar-refractivity contribution < 1.29 is 19.1 Å². The molecule has 0 saturated heterocycles. The Bertz CT molecular complexity index is 419. The molecule has 164 valence electrons. The van der Waals surface area contributed by atoms with E-state index in [1.165, 1.54) is 38.5 Å². The molecule has 2 atom stereocenters. The molecule has 0 aromatic carbocycles. The van der Waals surface area contributed by atoms with E-state index in [1.807, 2.05) is 0 Å². The number of unbranched alkanes of at least 4 members (excludes halogenated alkanes) is 7. The number of carbonyl (C=O) groups excluding carboxylic acids is 2. The van der Waals surface area contributed by atoms with E-state index in [0.29, 0.717) is 19.6 Å². The first-order chi connectivity index (χ1) is 13.5. The summed E-state index contributed by atoms with van der Waals surface area (Å²) in [5.74, 6) is 0.257. The number of rotatable bonds is 15. The molecule has 4 heteroatoms. The Kier molecular flexibility index (Phi) is 14.1. The molecule has 1 aliphatic rings. The van der Waals surface area contributed by atoms with Gasteiger partial charge < -0.3 is 9.47 Å². The van der Waals surface area contributed by atoms with E-state index in [-0.39, 0.29) is 23.8 Å². The lowest BCUT2D eigenvalue weighted by Crippen LogP contribution is -2.30. The smallest absolute Gasteiger partial charge is 0.308 e. The summed E-state index contributed by atoms with van der Waals surface area (Å²) in [5.41, 5.74) is 0. The highest BCUT2D eigenvalue weighted by atomic mass is 16.5. The monoisotopic (exact) mass is 396 g/mol. The van der Waals surface area contributed by atoms with E-state index in [1.54, 1.807) is 0 Å². The van der Waals surface area contributed by atoms with Crippen LogP contribution >= 0.6 is 0 Å². The Balaban J connectivity index is 2.14. The molecule has 28 heavy (non-hydrogen) atoms. The Morgan fingerprint density at radius 1 is 0.786 bits per heavy atom. The van der Waals surface area contributed by atoms with E-state index < -0.39 is 0 Å². The number of hydrogen-bond donors (Lipinski definition) is 0. The molecule has 0 amide bonds. The fraction of sp³-hybridized carbons (Fsp3) is 0.917. The van der Waals surface area contributed by atoms with E-state index >= 15 is 0 Å². The molecule has 0 N–H and O–H groups in total. The largest absolute Gasteiger partial charge is 0.465 e. The molecule has 0 radical (unpaired) electrons. The highest BCUT2D eigenvalue weighted by Gasteiger charge is 2.32. The number of carbonyl (C=O) groups is 2. The van der Waals surface area contributed by atoms with Crippen LogP contribution in [0.5, 0.6) is 0 Å². The quantitative estimate of drug-likeness (QED) is 0.235. The van der Waals surface area contributed by atoms with Gasteiger partial charge in [0.2, 0.25) is 0 Å².